The van der Waals surface area contributed by atoms with Gasteiger partial charge in [0.2, 0.25) is 0 Å². The summed E-state index contributed by atoms with van der Waals surface area (Å²) >= 11 is 0. The number of aryl methyl sites for hydroxylation is 2. The minimum atomic E-state index is 0.356. The maximum Gasteiger partial charge on any atom is 0.0638 e. The van der Waals surface area contributed by atoms with E-state index in [9.17, 15) is 0 Å². The Labute approximate surface area is 117 Å². The highest BCUT2D eigenvalue weighted by molar-refractivity contribution is 5.15. The van der Waals surface area contributed by atoms with Gasteiger partial charge < -0.3 is 10.2 Å². The van der Waals surface area contributed by atoms with Gasteiger partial charge in [0, 0.05) is 37.4 Å². The summed E-state index contributed by atoms with van der Waals surface area (Å²) in [5.41, 5.74) is 2.80. The van der Waals surface area contributed by atoms with E-state index in [-0.39, 0.29) is 0 Å². The van der Waals surface area contributed by atoms with Crippen molar-refractivity contribution in [1.82, 2.24) is 20.0 Å². The van der Waals surface area contributed by atoms with E-state index in [1.54, 1.807) is 0 Å². The molecule has 2 rings (SSSR count). The number of nitrogens with zero attached hydrogens (tertiary/aromatic N) is 3. The summed E-state index contributed by atoms with van der Waals surface area (Å²) < 4.78 is 1.90. The minimum absolute atomic E-state index is 0.356. The van der Waals surface area contributed by atoms with Gasteiger partial charge in [0.25, 0.3) is 0 Å². The maximum absolute atomic E-state index is 4.40. The van der Waals surface area contributed by atoms with Crippen LogP contribution in [0.2, 0.25) is 0 Å². The smallest absolute Gasteiger partial charge is 0.0638 e. The predicted molar refractivity (Wildman–Crippen MR) is 79.2 cm³/mol. The molecule has 0 radical (unpaired) electrons. The first-order chi connectivity index (χ1) is 9.03. The van der Waals surface area contributed by atoms with Crippen molar-refractivity contribution < 1.29 is 0 Å². The molecule has 0 unspecified atom stereocenters. The van der Waals surface area contributed by atoms with Crippen molar-refractivity contribution in [2.75, 3.05) is 20.6 Å². The van der Waals surface area contributed by atoms with Crippen LogP contribution in [0.15, 0.2) is 6.20 Å². The van der Waals surface area contributed by atoms with Gasteiger partial charge in [0.05, 0.1) is 5.69 Å². The third-order valence-electron chi connectivity index (χ3n) is 4.62. The van der Waals surface area contributed by atoms with Gasteiger partial charge in [-0.05, 0) is 33.9 Å². The Morgan fingerprint density at radius 2 is 2.00 bits per heavy atom. The number of nitrogens with one attached hydrogen (secondary N) is 1. The van der Waals surface area contributed by atoms with Crippen LogP contribution in [0.5, 0.6) is 0 Å². The lowest BCUT2D eigenvalue weighted by Crippen LogP contribution is -2.52. The van der Waals surface area contributed by atoms with Crippen molar-refractivity contribution in [3.05, 3.63) is 17.5 Å². The van der Waals surface area contributed by atoms with Crippen LogP contribution in [0.4, 0.5) is 0 Å². The molecule has 108 valence electrons. The normalized spacial score (nSPS) is 19.0. The molecule has 0 amide bonds. The van der Waals surface area contributed by atoms with Crippen LogP contribution in [0.1, 0.15) is 43.4 Å². The molecule has 1 aromatic rings. The lowest BCUT2D eigenvalue weighted by Gasteiger charge is -2.43. The highest BCUT2D eigenvalue weighted by Gasteiger charge is 2.33. The van der Waals surface area contributed by atoms with E-state index in [4.69, 9.17) is 0 Å². The first-order valence-electron chi connectivity index (χ1n) is 7.41. The molecular formula is C15H28N4. The molecule has 19 heavy (non-hydrogen) atoms. The minimum Gasteiger partial charge on any atom is -0.311 e. The Balaban J connectivity index is 1.91. The average molecular weight is 264 g/mol. The van der Waals surface area contributed by atoms with E-state index in [0.717, 1.165) is 18.8 Å². The van der Waals surface area contributed by atoms with Gasteiger partial charge in [-0.3, -0.25) is 4.68 Å². The molecule has 1 aliphatic rings. The fourth-order valence-corrected chi connectivity index (χ4v) is 3.24. The second kappa shape index (κ2) is 6.06. The van der Waals surface area contributed by atoms with Gasteiger partial charge in [-0.25, -0.2) is 0 Å². The van der Waals surface area contributed by atoms with Crippen molar-refractivity contribution in [2.24, 2.45) is 7.05 Å². The van der Waals surface area contributed by atoms with E-state index in [1.807, 2.05) is 11.7 Å². The van der Waals surface area contributed by atoms with E-state index in [2.05, 4.69) is 42.5 Å². The Morgan fingerprint density at radius 1 is 1.32 bits per heavy atom. The molecule has 1 heterocycles. The fraction of sp³-hybridized carbons (Fsp3) is 0.800. The Bertz CT molecular complexity index is 402. The summed E-state index contributed by atoms with van der Waals surface area (Å²) in [7, 11) is 6.43. The quantitative estimate of drug-likeness (QED) is 0.884. The van der Waals surface area contributed by atoms with Crippen LogP contribution in [-0.2, 0) is 13.6 Å². The summed E-state index contributed by atoms with van der Waals surface area (Å²) in [6, 6.07) is 0. The van der Waals surface area contributed by atoms with Crippen molar-refractivity contribution >= 4 is 0 Å². The number of likely N-dealkylation sites (N-methyl/N-ethyl adjacent to an activating group) is 1. The van der Waals surface area contributed by atoms with Gasteiger partial charge >= 0.3 is 0 Å². The first-order valence-corrected chi connectivity index (χ1v) is 7.41. The third-order valence-corrected chi connectivity index (χ3v) is 4.62. The van der Waals surface area contributed by atoms with Crippen molar-refractivity contribution in [2.45, 2.75) is 51.1 Å². The Morgan fingerprint density at radius 3 is 2.53 bits per heavy atom. The lowest BCUT2D eigenvalue weighted by atomic mass is 9.80. The molecular weight excluding hydrogens is 236 g/mol. The Hall–Kier alpha value is -0.870. The molecule has 0 bridgehead atoms. The topological polar surface area (TPSA) is 33.1 Å². The van der Waals surface area contributed by atoms with E-state index in [1.165, 1.54) is 37.7 Å². The van der Waals surface area contributed by atoms with E-state index in [0.29, 0.717) is 5.54 Å². The molecule has 1 aliphatic carbocycles. The predicted octanol–water partition coefficient (Wildman–Crippen LogP) is 2.08. The number of hydrogen-bond acceptors (Lipinski definition) is 3. The standard InChI is InChI=1S/C15H28N4/c1-13-14(11-19(4)17-13)10-16-12-15(18(2)3)8-6-5-7-9-15/h11,16H,5-10,12H2,1-4H3. The molecule has 4 nitrogen and oxygen atoms in total. The molecule has 0 atom stereocenters. The van der Waals surface area contributed by atoms with Crippen LogP contribution in [0, 0.1) is 6.92 Å². The molecule has 0 aliphatic heterocycles. The van der Waals surface area contributed by atoms with Crippen LogP contribution in [-0.4, -0.2) is 40.9 Å². The van der Waals surface area contributed by atoms with Gasteiger partial charge in [0.1, 0.15) is 0 Å². The second-order valence-electron chi connectivity index (χ2n) is 6.20. The summed E-state index contributed by atoms with van der Waals surface area (Å²) in [6.45, 7) is 4.09. The highest BCUT2D eigenvalue weighted by Crippen LogP contribution is 2.31. The fourth-order valence-electron chi connectivity index (χ4n) is 3.24. The molecule has 0 spiro atoms. The zero-order valence-corrected chi connectivity index (χ0v) is 12.9. The van der Waals surface area contributed by atoms with Gasteiger partial charge in [0.15, 0.2) is 0 Å². The van der Waals surface area contributed by atoms with E-state index >= 15 is 0 Å². The summed E-state index contributed by atoms with van der Waals surface area (Å²) in [6.07, 6.45) is 8.89. The van der Waals surface area contributed by atoms with Crippen LogP contribution < -0.4 is 5.32 Å². The van der Waals surface area contributed by atoms with Crippen molar-refractivity contribution in [3.8, 4) is 0 Å². The monoisotopic (exact) mass is 264 g/mol. The van der Waals surface area contributed by atoms with Crippen LogP contribution in [0.25, 0.3) is 0 Å². The van der Waals surface area contributed by atoms with E-state index < -0.39 is 0 Å². The van der Waals surface area contributed by atoms with Crippen LogP contribution >= 0.6 is 0 Å². The van der Waals surface area contributed by atoms with Gasteiger partial charge in [-0.2, -0.15) is 5.10 Å². The zero-order chi connectivity index (χ0) is 13.9. The highest BCUT2D eigenvalue weighted by atomic mass is 15.3. The molecule has 4 heteroatoms. The number of aromatic nitrogens is 2. The second-order valence-corrected chi connectivity index (χ2v) is 6.20. The zero-order valence-electron chi connectivity index (χ0n) is 12.9. The van der Waals surface area contributed by atoms with Gasteiger partial charge in [-0.1, -0.05) is 19.3 Å². The Kier molecular flexibility index (Phi) is 4.63. The molecule has 0 saturated heterocycles. The third kappa shape index (κ3) is 3.37. The van der Waals surface area contributed by atoms with Crippen molar-refractivity contribution in [1.29, 1.82) is 0 Å². The van der Waals surface area contributed by atoms with Gasteiger partial charge in [-0.15, -0.1) is 0 Å². The molecule has 0 aromatic carbocycles. The molecule has 1 fully saturated rings. The lowest BCUT2D eigenvalue weighted by molar-refractivity contribution is 0.0984. The summed E-state index contributed by atoms with van der Waals surface area (Å²) in [5, 5.41) is 8.05. The molecule has 1 aromatic heterocycles. The SMILES string of the molecule is Cc1nn(C)cc1CNCC1(N(C)C)CCCCC1. The first kappa shape index (κ1) is 14.5. The van der Waals surface area contributed by atoms with Crippen LogP contribution in [0.3, 0.4) is 0 Å². The van der Waals surface area contributed by atoms with Crippen molar-refractivity contribution in [3.63, 3.8) is 0 Å². The largest absolute Gasteiger partial charge is 0.311 e. The molecule has 1 N–H and O–H groups in total. The number of hydrogen-bond donors (Lipinski definition) is 1. The molecule has 1 saturated carbocycles. The number of rotatable bonds is 5. The average Bonchev–Trinajstić information content (AvgIpc) is 2.69. The summed E-state index contributed by atoms with van der Waals surface area (Å²) in [4.78, 5) is 2.43. The summed E-state index contributed by atoms with van der Waals surface area (Å²) in [5.74, 6) is 0. The maximum atomic E-state index is 4.40.